The van der Waals surface area contributed by atoms with Gasteiger partial charge in [-0.3, -0.25) is 4.90 Å². The largest absolute Gasteiger partial charge is 0.372 e. The van der Waals surface area contributed by atoms with Gasteiger partial charge in [-0.2, -0.15) is 0 Å². The summed E-state index contributed by atoms with van der Waals surface area (Å²) in [6.07, 6.45) is 0. The quantitative estimate of drug-likeness (QED) is 0.833. The van der Waals surface area contributed by atoms with Crippen LogP contribution in [0.25, 0.3) is 0 Å². The molecule has 112 valence electrons. The van der Waals surface area contributed by atoms with Crippen LogP contribution in [0, 0.1) is 17.7 Å². The molecule has 3 heteroatoms. The van der Waals surface area contributed by atoms with E-state index in [1.807, 2.05) is 6.07 Å². The zero-order valence-corrected chi connectivity index (χ0v) is 13.0. The molecule has 0 unspecified atom stereocenters. The Balaban J connectivity index is 2.10. The molecule has 0 amide bonds. The van der Waals surface area contributed by atoms with Gasteiger partial charge < -0.3 is 4.74 Å². The van der Waals surface area contributed by atoms with Crippen LogP contribution >= 0.6 is 0 Å². The SMILES string of the molecule is CC(C)C1(C(C)C)CN(Cc2cccc(F)c2)CCO1. The van der Waals surface area contributed by atoms with E-state index in [2.05, 4.69) is 32.6 Å². The standard InChI is InChI=1S/C17H26FNO/c1-13(2)17(14(3)4)12-19(8-9-20-17)11-15-6-5-7-16(18)10-15/h5-7,10,13-14H,8-9,11-12H2,1-4H3. The molecule has 1 heterocycles. The summed E-state index contributed by atoms with van der Waals surface area (Å²) in [7, 11) is 0. The number of morpholine rings is 1. The molecule has 1 saturated heterocycles. The van der Waals surface area contributed by atoms with Crippen molar-refractivity contribution in [2.24, 2.45) is 11.8 Å². The van der Waals surface area contributed by atoms with Crippen molar-refractivity contribution < 1.29 is 9.13 Å². The van der Waals surface area contributed by atoms with E-state index >= 15 is 0 Å². The fraction of sp³-hybridized carbons (Fsp3) is 0.647. The second-order valence-corrected chi connectivity index (χ2v) is 6.45. The minimum atomic E-state index is -0.158. The molecular weight excluding hydrogens is 253 g/mol. The Labute approximate surface area is 121 Å². The molecule has 0 aliphatic carbocycles. The predicted octanol–water partition coefficient (Wildman–Crippen LogP) is 3.71. The molecule has 0 atom stereocenters. The van der Waals surface area contributed by atoms with Crippen LogP contribution < -0.4 is 0 Å². The molecule has 0 N–H and O–H groups in total. The molecule has 1 aromatic rings. The Morgan fingerprint density at radius 1 is 1.25 bits per heavy atom. The molecule has 20 heavy (non-hydrogen) atoms. The summed E-state index contributed by atoms with van der Waals surface area (Å²) in [6.45, 7) is 12.3. The third kappa shape index (κ3) is 3.21. The van der Waals surface area contributed by atoms with E-state index in [-0.39, 0.29) is 11.4 Å². The van der Waals surface area contributed by atoms with Crippen LogP contribution in [0.2, 0.25) is 0 Å². The lowest BCUT2D eigenvalue weighted by molar-refractivity contribution is -0.161. The van der Waals surface area contributed by atoms with Gasteiger partial charge in [0.2, 0.25) is 0 Å². The van der Waals surface area contributed by atoms with Gasteiger partial charge in [0.25, 0.3) is 0 Å². The van der Waals surface area contributed by atoms with Crippen LogP contribution in [-0.2, 0) is 11.3 Å². The van der Waals surface area contributed by atoms with E-state index in [0.717, 1.165) is 31.8 Å². The van der Waals surface area contributed by atoms with Crippen molar-refractivity contribution in [3.8, 4) is 0 Å². The first-order valence-electron chi connectivity index (χ1n) is 7.55. The Kier molecular flexibility index (Phi) is 4.82. The molecule has 2 nitrogen and oxygen atoms in total. The summed E-state index contributed by atoms with van der Waals surface area (Å²) in [6, 6.07) is 6.89. The Morgan fingerprint density at radius 2 is 1.95 bits per heavy atom. The second kappa shape index (κ2) is 6.23. The van der Waals surface area contributed by atoms with Crippen LogP contribution in [0.3, 0.4) is 0 Å². The molecule has 0 aromatic heterocycles. The van der Waals surface area contributed by atoms with Gasteiger partial charge in [0.05, 0.1) is 12.2 Å². The molecule has 0 spiro atoms. The van der Waals surface area contributed by atoms with Crippen molar-refractivity contribution in [2.75, 3.05) is 19.7 Å². The maximum atomic E-state index is 13.3. The summed E-state index contributed by atoms with van der Waals surface area (Å²) in [4.78, 5) is 2.39. The average Bonchev–Trinajstić information content (AvgIpc) is 2.38. The summed E-state index contributed by atoms with van der Waals surface area (Å²) in [5.41, 5.74) is 0.944. The minimum absolute atomic E-state index is 0.0917. The van der Waals surface area contributed by atoms with Crippen LogP contribution in [0.1, 0.15) is 33.3 Å². The van der Waals surface area contributed by atoms with Crippen LogP contribution in [-0.4, -0.2) is 30.2 Å². The molecule has 1 aliphatic heterocycles. The predicted molar refractivity (Wildman–Crippen MR) is 80.0 cm³/mol. The molecule has 0 radical (unpaired) electrons. The lowest BCUT2D eigenvalue weighted by Gasteiger charge is -2.48. The molecule has 0 saturated carbocycles. The highest BCUT2D eigenvalue weighted by Gasteiger charge is 2.42. The molecule has 2 rings (SSSR count). The number of nitrogens with zero attached hydrogens (tertiary/aromatic N) is 1. The van der Waals surface area contributed by atoms with Gasteiger partial charge in [0.1, 0.15) is 5.82 Å². The highest BCUT2D eigenvalue weighted by atomic mass is 19.1. The monoisotopic (exact) mass is 279 g/mol. The molecule has 1 fully saturated rings. The van der Waals surface area contributed by atoms with E-state index in [1.54, 1.807) is 12.1 Å². The van der Waals surface area contributed by atoms with Gasteiger partial charge in [0, 0.05) is 19.6 Å². The summed E-state index contributed by atoms with van der Waals surface area (Å²) < 4.78 is 19.5. The maximum absolute atomic E-state index is 13.3. The average molecular weight is 279 g/mol. The van der Waals surface area contributed by atoms with Crippen molar-refractivity contribution in [3.63, 3.8) is 0 Å². The number of benzene rings is 1. The zero-order chi connectivity index (χ0) is 14.8. The van der Waals surface area contributed by atoms with Crippen LogP contribution in [0.15, 0.2) is 24.3 Å². The molecule has 0 bridgehead atoms. The Hall–Kier alpha value is -0.930. The van der Waals surface area contributed by atoms with E-state index in [0.29, 0.717) is 11.8 Å². The number of ether oxygens (including phenoxy) is 1. The normalized spacial score (nSPS) is 19.8. The summed E-state index contributed by atoms with van der Waals surface area (Å²) in [5, 5.41) is 0. The fourth-order valence-corrected chi connectivity index (χ4v) is 3.23. The van der Waals surface area contributed by atoms with Crippen molar-refractivity contribution in [3.05, 3.63) is 35.6 Å². The molecule has 1 aliphatic rings. The van der Waals surface area contributed by atoms with E-state index in [4.69, 9.17) is 4.74 Å². The first-order chi connectivity index (χ1) is 9.44. The van der Waals surface area contributed by atoms with Crippen LogP contribution in [0.4, 0.5) is 4.39 Å². The smallest absolute Gasteiger partial charge is 0.123 e. The van der Waals surface area contributed by atoms with E-state index < -0.39 is 0 Å². The summed E-state index contributed by atoms with van der Waals surface area (Å²) in [5.74, 6) is 0.783. The Morgan fingerprint density at radius 3 is 2.55 bits per heavy atom. The third-order valence-corrected chi connectivity index (χ3v) is 4.50. The fourth-order valence-electron chi connectivity index (χ4n) is 3.23. The molecular formula is C17H26FNO. The maximum Gasteiger partial charge on any atom is 0.123 e. The van der Waals surface area contributed by atoms with Gasteiger partial charge in [-0.05, 0) is 29.5 Å². The van der Waals surface area contributed by atoms with Gasteiger partial charge in [-0.15, -0.1) is 0 Å². The first kappa shape index (κ1) is 15.5. The van der Waals surface area contributed by atoms with E-state index in [9.17, 15) is 4.39 Å². The van der Waals surface area contributed by atoms with E-state index in [1.165, 1.54) is 6.07 Å². The van der Waals surface area contributed by atoms with Crippen molar-refractivity contribution in [1.82, 2.24) is 4.90 Å². The second-order valence-electron chi connectivity index (χ2n) is 6.45. The lowest BCUT2D eigenvalue weighted by Crippen LogP contribution is -2.57. The van der Waals surface area contributed by atoms with Gasteiger partial charge in [-0.1, -0.05) is 39.8 Å². The number of rotatable bonds is 4. The minimum Gasteiger partial charge on any atom is -0.372 e. The topological polar surface area (TPSA) is 12.5 Å². The van der Waals surface area contributed by atoms with Gasteiger partial charge in [0.15, 0.2) is 0 Å². The van der Waals surface area contributed by atoms with Crippen molar-refractivity contribution in [1.29, 1.82) is 0 Å². The van der Waals surface area contributed by atoms with Gasteiger partial charge in [-0.25, -0.2) is 4.39 Å². The molecule has 1 aromatic carbocycles. The Bertz CT molecular complexity index is 436. The highest BCUT2D eigenvalue weighted by Crippen LogP contribution is 2.34. The van der Waals surface area contributed by atoms with Crippen molar-refractivity contribution in [2.45, 2.75) is 39.8 Å². The zero-order valence-electron chi connectivity index (χ0n) is 13.0. The number of halogens is 1. The van der Waals surface area contributed by atoms with Crippen molar-refractivity contribution >= 4 is 0 Å². The number of hydrogen-bond acceptors (Lipinski definition) is 2. The van der Waals surface area contributed by atoms with Crippen LogP contribution in [0.5, 0.6) is 0 Å². The first-order valence-corrected chi connectivity index (χ1v) is 7.55. The third-order valence-electron chi connectivity index (χ3n) is 4.50. The lowest BCUT2D eigenvalue weighted by atomic mass is 9.79. The highest BCUT2D eigenvalue weighted by molar-refractivity contribution is 5.16. The van der Waals surface area contributed by atoms with Gasteiger partial charge >= 0.3 is 0 Å². The number of hydrogen-bond donors (Lipinski definition) is 0. The summed E-state index contributed by atoms with van der Waals surface area (Å²) >= 11 is 0.